The molecule has 2 aromatic carbocycles. The monoisotopic (exact) mass is 393 g/mol. The Morgan fingerprint density at radius 1 is 1.03 bits per heavy atom. The first-order chi connectivity index (χ1) is 14.0. The van der Waals surface area contributed by atoms with E-state index in [0.29, 0.717) is 17.0 Å². The lowest BCUT2D eigenvalue weighted by Crippen LogP contribution is -2.26. The molecule has 0 aliphatic heterocycles. The summed E-state index contributed by atoms with van der Waals surface area (Å²) in [7, 11) is 0. The van der Waals surface area contributed by atoms with Gasteiger partial charge in [0, 0.05) is 11.6 Å². The van der Waals surface area contributed by atoms with E-state index in [-0.39, 0.29) is 11.8 Å². The van der Waals surface area contributed by atoms with Gasteiger partial charge in [0.2, 0.25) is 5.91 Å². The summed E-state index contributed by atoms with van der Waals surface area (Å²) in [6.45, 7) is 1.76. The van der Waals surface area contributed by atoms with E-state index in [2.05, 4.69) is 15.8 Å². The van der Waals surface area contributed by atoms with Crippen molar-refractivity contribution in [2.45, 2.75) is 45.1 Å². The summed E-state index contributed by atoms with van der Waals surface area (Å²) in [4.78, 5) is 24.6. The molecule has 0 aromatic heterocycles. The SMILES string of the molecule is C/C(=N/NC(=O)[C@H](O)c1ccccc1)c1cccc(NC(=O)C2CCCCC2)c1. The number of hydrogen-bond donors (Lipinski definition) is 3. The minimum Gasteiger partial charge on any atom is -0.378 e. The molecule has 6 heteroatoms. The Kier molecular flexibility index (Phi) is 7.14. The van der Waals surface area contributed by atoms with Crippen LogP contribution in [-0.2, 0) is 9.59 Å². The number of hydrogen-bond acceptors (Lipinski definition) is 4. The van der Waals surface area contributed by atoms with Crippen LogP contribution >= 0.6 is 0 Å². The Balaban J connectivity index is 1.61. The average Bonchev–Trinajstić information content (AvgIpc) is 2.78. The van der Waals surface area contributed by atoms with E-state index in [9.17, 15) is 14.7 Å². The Bertz CT molecular complexity index is 874. The number of rotatable bonds is 6. The molecule has 152 valence electrons. The van der Waals surface area contributed by atoms with E-state index >= 15 is 0 Å². The molecule has 1 aliphatic rings. The standard InChI is InChI=1S/C23H27N3O3/c1-16(25-26-23(29)21(27)17-9-4-2-5-10-17)19-13-8-14-20(15-19)24-22(28)18-11-6-3-7-12-18/h2,4-5,8-10,13-15,18,21,27H,3,6-7,11-12H2,1H3,(H,24,28)(H,26,29)/b25-16-/t21-/m1/s1. The van der Waals surface area contributed by atoms with Gasteiger partial charge in [-0.2, -0.15) is 5.10 Å². The lowest BCUT2D eigenvalue weighted by atomic mass is 9.88. The minimum atomic E-state index is -1.28. The molecule has 3 rings (SSSR count). The van der Waals surface area contributed by atoms with Gasteiger partial charge >= 0.3 is 0 Å². The molecule has 0 heterocycles. The molecule has 1 aliphatic carbocycles. The molecule has 0 spiro atoms. The number of aliphatic hydroxyl groups excluding tert-OH is 1. The van der Waals surface area contributed by atoms with Crippen LogP contribution in [0.4, 0.5) is 5.69 Å². The molecule has 6 nitrogen and oxygen atoms in total. The van der Waals surface area contributed by atoms with Gasteiger partial charge in [-0.1, -0.05) is 61.7 Å². The maximum Gasteiger partial charge on any atom is 0.273 e. The first-order valence-electron chi connectivity index (χ1n) is 10.0. The van der Waals surface area contributed by atoms with Gasteiger partial charge in [-0.25, -0.2) is 5.43 Å². The molecule has 0 bridgehead atoms. The van der Waals surface area contributed by atoms with Gasteiger partial charge in [0.05, 0.1) is 5.71 Å². The Hall–Kier alpha value is -2.99. The second-order valence-electron chi connectivity index (χ2n) is 7.39. The third kappa shape index (κ3) is 5.74. The summed E-state index contributed by atoms with van der Waals surface area (Å²) < 4.78 is 0. The normalized spacial score (nSPS) is 16.1. The number of nitrogens with zero attached hydrogens (tertiary/aromatic N) is 1. The minimum absolute atomic E-state index is 0.0655. The van der Waals surface area contributed by atoms with Gasteiger partial charge < -0.3 is 10.4 Å². The zero-order chi connectivity index (χ0) is 20.6. The summed E-state index contributed by atoms with van der Waals surface area (Å²) in [6, 6.07) is 16.1. The topological polar surface area (TPSA) is 90.8 Å². The lowest BCUT2D eigenvalue weighted by Gasteiger charge is -2.20. The van der Waals surface area contributed by atoms with Crippen molar-refractivity contribution in [3.63, 3.8) is 0 Å². The summed E-state index contributed by atoms with van der Waals surface area (Å²) in [5.74, 6) is -0.450. The molecular formula is C23H27N3O3. The number of benzene rings is 2. The van der Waals surface area contributed by atoms with Crippen LogP contribution in [0, 0.1) is 5.92 Å². The quantitative estimate of drug-likeness (QED) is 0.515. The fraction of sp³-hybridized carbons (Fsp3) is 0.348. The molecule has 0 radical (unpaired) electrons. The van der Waals surface area contributed by atoms with Crippen molar-refractivity contribution in [2.24, 2.45) is 11.0 Å². The third-order valence-electron chi connectivity index (χ3n) is 5.22. The van der Waals surface area contributed by atoms with Crippen LogP contribution in [0.2, 0.25) is 0 Å². The van der Waals surface area contributed by atoms with Crippen LogP contribution in [0.3, 0.4) is 0 Å². The molecule has 0 saturated heterocycles. The third-order valence-corrected chi connectivity index (χ3v) is 5.22. The van der Waals surface area contributed by atoms with E-state index in [4.69, 9.17) is 0 Å². The zero-order valence-corrected chi connectivity index (χ0v) is 16.6. The van der Waals surface area contributed by atoms with Crippen molar-refractivity contribution in [1.29, 1.82) is 0 Å². The Morgan fingerprint density at radius 3 is 2.48 bits per heavy atom. The van der Waals surface area contributed by atoms with E-state index in [0.717, 1.165) is 31.2 Å². The van der Waals surface area contributed by atoms with Crippen LogP contribution in [-0.4, -0.2) is 22.6 Å². The van der Waals surface area contributed by atoms with E-state index in [1.165, 1.54) is 6.42 Å². The average molecular weight is 393 g/mol. The van der Waals surface area contributed by atoms with Gasteiger partial charge in [-0.15, -0.1) is 0 Å². The molecule has 2 amide bonds. The van der Waals surface area contributed by atoms with Gasteiger partial charge in [0.15, 0.2) is 6.10 Å². The van der Waals surface area contributed by atoms with Crippen LogP contribution in [0.15, 0.2) is 59.7 Å². The first-order valence-corrected chi connectivity index (χ1v) is 10.0. The molecule has 2 aromatic rings. The maximum absolute atomic E-state index is 12.4. The van der Waals surface area contributed by atoms with Crippen molar-refractivity contribution in [3.8, 4) is 0 Å². The van der Waals surface area contributed by atoms with Gasteiger partial charge in [0.1, 0.15) is 0 Å². The van der Waals surface area contributed by atoms with Crippen molar-refractivity contribution in [1.82, 2.24) is 5.43 Å². The van der Waals surface area contributed by atoms with Crippen LogP contribution in [0.5, 0.6) is 0 Å². The van der Waals surface area contributed by atoms with Crippen molar-refractivity contribution in [2.75, 3.05) is 5.32 Å². The zero-order valence-electron chi connectivity index (χ0n) is 16.6. The highest BCUT2D eigenvalue weighted by atomic mass is 16.3. The van der Waals surface area contributed by atoms with E-state index in [1.807, 2.05) is 30.3 Å². The fourth-order valence-corrected chi connectivity index (χ4v) is 3.48. The highest BCUT2D eigenvalue weighted by molar-refractivity contribution is 6.01. The highest BCUT2D eigenvalue weighted by Gasteiger charge is 2.21. The molecule has 1 atom stereocenters. The molecule has 1 fully saturated rings. The van der Waals surface area contributed by atoms with E-state index in [1.54, 1.807) is 31.2 Å². The summed E-state index contributed by atoms with van der Waals surface area (Å²) in [6.07, 6.45) is 4.04. The number of carbonyl (C=O) groups excluding carboxylic acids is 2. The fourth-order valence-electron chi connectivity index (χ4n) is 3.48. The van der Waals surface area contributed by atoms with Crippen LogP contribution in [0.25, 0.3) is 0 Å². The molecule has 3 N–H and O–H groups in total. The van der Waals surface area contributed by atoms with Crippen molar-refractivity contribution >= 4 is 23.2 Å². The van der Waals surface area contributed by atoms with Crippen molar-refractivity contribution < 1.29 is 14.7 Å². The highest BCUT2D eigenvalue weighted by Crippen LogP contribution is 2.25. The second kappa shape index (κ2) is 9.98. The number of carbonyl (C=O) groups is 2. The molecule has 1 saturated carbocycles. The molecule has 0 unspecified atom stereocenters. The van der Waals surface area contributed by atoms with E-state index < -0.39 is 12.0 Å². The summed E-state index contributed by atoms with van der Waals surface area (Å²) >= 11 is 0. The number of anilines is 1. The van der Waals surface area contributed by atoms with Crippen LogP contribution in [0.1, 0.15) is 56.3 Å². The lowest BCUT2D eigenvalue weighted by molar-refractivity contribution is -0.129. The predicted octanol–water partition coefficient (Wildman–Crippen LogP) is 3.78. The molecular weight excluding hydrogens is 366 g/mol. The number of nitrogens with one attached hydrogen (secondary N) is 2. The summed E-state index contributed by atoms with van der Waals surface area (Å²) in [5, 5.41) is 17.2. The number of amides is 2. The summed E-state index contributed by atoms with van der Waals surface area (Å²) in [5.41, 5.74) is 4.97. The predicted molar refractivity (Wildman–Crippen MR) is 113 cm³/mol. The number of hydrazone groups is 1. The Labute approximate surface area is 171 Å². The second-order valence-corrected chi connectivity index (χ2v) is 7.39. The number of aliphatic hydroxyl groups is 1. The van der Waals surface area contributed by atoms with Gasteiger partial charge in [-0.3, -0.25) is 9.59 Å². The molecule has 29 heavy (non-hydrogen) atoms. The smallest absolute Gasteiger partial charge is 0.273 e. The van der Waals surface area contributed by atoms with Gasteiger partial charge in [-0.05, 0) is 43.0 Å². The maximum atomic E-state index is 12.4. The van der Waals surface area contributed by atoms with Crippen molar-refractivity contribution in [3.05, 3.63) is 65.7 Å². The van der Waals surface area contributed by atoms with Crippen LogP contribution < -0.4 is 10.7 Å². The Morgan fingerprint density at radius 2 is 1.76 bits per heavy atom. The van der Waals surface area contributed by atoms with Gasteiger partial charge in [0.25, 0.3) is 5.91 Å². The first kappa shape index (κ1) is 20.7. The largest absolute Gasteiger partial charge is 0.378 e.